The summed E-state index contributed by atoms with van der Waals surface area (Å²) in [6, 6.07) is 0. The number of hydrogen-bond acceptors (Lipinski definition) is 2. The zero-order chi connectivity index (χ0) is 9.19. The van der Waals surface area contributed by atoms with Gasteiger partial charge < -0.3 is 0 Å². The van der Waals surface area contributed by atoms with Crippen molar-refractivity contribution >= 4 is 0 Å². The van der Waals surface area contributed by atoms with Gasteiger partial charge in [0.05, 0.1) is 5.69 Å². The van der Waals surface area contributed by atoms with Gasteiger partial charge in [-0.05, 0) is 18.8 Å². The van der Waals surface area contributed by atoms with E-state index in [4.69, 9.17) is 0 Å². The first-order valence-corrected chi connectivity index (χ1v) is 4.34. The van der Waals surface area contributed by atoms with Gasteiger partial charge in [0.2, 0.25) is 0 Å². The summed E-state index contributed by atoms with van der Waals surface area (Å²) in [4.78, 5) is 0. The number of aromatic nitrogens is 3. The summed E-state index contributed by atoms with van der Waals surface area (Å²) in [6.07, 6.45) is 3.11. The third kappa shape index (κ3) is 3.03. The normalized spacial score (nSPS) is 12.0. The highest BCUT2D eigenvalue weighted by molar-refractivity contribution is 4.86. The molecule has 68 valence electrons. The van der Waals surface area contributed by atoms with Crippen molar-refractivity contribution in [3.8, 4) is 0 Å². The standard InChI is InChI=1S/C9H17N3/c1-8-7-12(11-10-8)6-5-9(2,3)4/h7H,5-6H2,1-4H3. The first-order valence-electron chi connectivity index (χ1n) is 4.34. The smallest absolute Gasteiger partial charge is 0.0796 e. The van der Waals surface area contributed by atoms with Crippen LogP contribution in [0.25, 0.3) is 0 Å². The Bertz CT molecular complexity index is 245. The Morgan fingerprint density at radius 1 is 1.42 bits per heavy atom. The fourth-order valence-corrected chi connectivity index (χ4v) is 0.955. The van der Waals surface area contributed by atoms with E-state index in [2.05, 4.69) is 31.1 Å². The van der Waals surface area contributed by atoms with Gasteiger partial charge in [-0.1, -0.05) is 26.0 Å². The van der Waals surface area contributed by atoms with Crippen LogP contribution >= 0.6 is 0 Å². The minimum Gasteiger partial charge on any atom is -0.252 e. The summed E-state index contributed by atoms with van der Waals surface area (Å²) >= 11 is 0. The molecule has 0 unspecified atom stereocenters. The topological polar surface area (TPSA) is 30.7 Å². The molecule has 0 fully saturated rings. The molecule has 0 saturated carbocycles. The molecule has 12 heavy (non-hydrogen) atoms. The number of hydrogen-bond donors (Lipinski definition) is 0. The van der Waals surface area contributed by atoms with Crippen molar-refractivity contribution in [2.45, 2.75) is 40.7 Å². The molecule has 1 heterocycles. The highest BCUT2D eigenvalue weighted by Gasteiger charge is 2.09. The molecule has 0 bridgehead atoms. The molecular formula is C9H17N3. The zero-order valence-electron chi connectivity index (χ0n) is 8.33. The van der Waals surface area contributed by atoms with E-state index < -0.39 is 0 Å². The molecule has 1 rings (SSSR count). The molecule has 0 aliphatic rings. The Hall–Kier alpha value is -0.860. The van der Waals surface area contributed by atoms with Crippen molar-refractivity contribution in [3.05, 3.63) is 11.9 Å². The van der Waals surface area contributed by atoms with E-state index in [0.29, 0.717) is 5.41 Å². The molecule has 0 amide bonds. The van der Waals surface area contributed by atoms with Crippen molar-refractivity contribution in [1.82, 2.24) is 15.0 Å². The average molecular weight is 167 g/mol. The molecule has 3 heteroatoms. The third-order valence-corrected chi connectivity index (χ3v) is 1.74. The maximum atomic E-state index is 3.99. The van der Waals surface area contributed by atoms with Crippen LogP contribution in [0.1, 0.15) is 32.9 Å². The second-order valence-corrected chi connectivity index (χ2v) is 4.43. The summed E-state index contributed by atoms with van der Waals surface area (Å²) in [6.45, 7) is 9.62. The minimum absolute atomic E-state index is 0.375. The molecular weight excluding hydrogens is 150 g/mol. The highest BCUT2D eigenvalue weighted by Crippen LogP contribution is 2.18. The monoisotopic (exact) mass is 167 g/mol. The van der Waals surface area contributed by atoms with Crippen LogP contribution in [0.4, 0.5) is 0 Å². The van der Waals surface area contributed by atoms with Gasteiger partial charge in [0.25, 0.3) is 0 Å². The summed E-state index contributed by atoms with van der Waals surface area (Å²) in [7, 11) is 0. The second kappa shape index (κ2) is 3.25. The first kappa shape index (κ1) is 9.23. The molecule has 0 aliphatic carbocycles. The van der Waals surface area contributed by atoms with E-state index in [1.54, 1.807) is 0 Å². The zero-order valence-corrected chi connectivity index (χ0v) is 8.33. The van der Waals surface area contributed by atoms with Crippen molar-refractivity contribution in [3.63, 3.8) is 0 Å². The molecule has 0 N–H and O–H groups in total. The first-order chi connectivity index (χ1) is 5.47. The lowest BCUT2D eigenvalue weighted by atomic mass is 9.92. The van der Waals surface area contributed by atoms with Crippen LogP contribution in [0.2, 0.25) is 0 Å². The third-order valence-electron chi connectivity index (χ3n) is 1.74. The fourth-order valence-electron chi connectivity index (χ4n) is 0.955. The van der Waals surface area contributed by atoms with E-state index in [9.17, 15) is 0 Å². The maximum absolute atomic E-state index is 3.99. The van der Waals surface area contributed by atoms with Gasteiger partial charge in [-0.25, -0.2) is 0 Å². The van der Waals surface area contributed by atoms with E-state index in [0.717, 1.165) is 18.7 Å². The molecule has 0 spiro atoms. The van der Waals surface area contributed by atoms with Crippen LogP contribution in [-0.2, 0) is 6.54 Å². The van der Waals surface area contributed by atoms with E-state index in [-0.39, 0.29) is 0 Å². The SMILES string of the molecule is Cc1cn(CCC(C)(C)C)nn1. The molecule has 3 nitrogen and oxygen atoms in total. The van der Waals surface area contributed by atoms with Crippen LogP contribution in [0.3, 0.4) is 0 Å². The molecule has 0 saturated heterocycles. The van der Waals surface area contributed by atoms with Crippen LogP contribution in [-0.4, -0.2) is 15.0 Å². The summed E-state index contributed by atoms with van der Waals surface area (Å²) in [5.41, 5.74) is 1.36. The molecule has 0 atom stereocenters. The molecule has 1 aromatic rings. The Morgan fingerprint density at radius 3 is 2.50 bits per heavy atom. The van der Waals surface area contributed by atoms with Crippen LogP contribution in [0, 0.1) is 12.3 Å². The second-order valence-electron chi connectivity index (χ2n) is 4.43. The number of nitrogens with zero attached hydrogens (tertiary/aromatic N) is 3. The minimum atomic E-state index is 0.375. The van der Waals surface area contributed by atoms with Crippen molar-refractivity contribution in [1.29, 1.82) is 0 Å². The van der Waals surface area contributed by atoms with E-state index >= 15 is 0 Å². The van der Waals surface area contributed by atoms with Crippen molar-refractivity contribution < 1.29 is 0 Å². The fraction of sp³-hybridized carbons (Fsp3) is 0.778. The highest BCUT2D eigenvalue weighted by atomic mass is 15.4. The molecule has 0 aromatic carbocycles. The van der Waals surface area contributed by atoms with Crippen molar-refractivity contribution in [2.24, 2.45) is 5.41 Å². The average Bonchev–Trinajstić information content (AvgIpc) is 2.30. The molecule has 1 aromatic heterocycles. The van der Waals surface area contributed by atoms with Crippen molar-refractivity contribution in [2.75, 3.05) is 0 Å². The molecule has 0 radical (unpaired) electrons. The van der Waals surface area contributed by atoms with E-state index in [1.807, 2.05) is 17.8 Å². The molecule has 0 aliphatic heterocycles. The van der Waals surface area contributed by atoms with Crippen LogP contribution in [0.15, 0.2) is 6.20 Å². The lowest BCUT2D eigenvalue weighted by molar-refractivity contribution is 0.339. The predicted octanol–water partition coefficient (Wildman–Crippen LogP) is 2.02. The predicted molar refractivity (Wildman–Crippen MR) is 48.8 cm³/mol. The van der Waals surface area contributed by atoms with Gasteiger partial charge in [-0.2, -0.15) is 0 Å². The maximum Gasteiger partial charge on any atom is 0.0796 e. The van der Waals surface area contributed by atoms with Gasteiger partial charge in [0.15, 0.2) is 0 Å². The number of rotatable bonds is 2. The van der Waals surface area contributed by atoms with Gasteiger partial charge in [-0.3, -0.25) is 4.68 Å². The quantitative estimate of drug-likeness (QED) is 0.674. The summed E-state index contributed by atoms with van der Waals surface area (Å²) in [5, 5.41) is 7.92. The van der Waals surface area contributed by atoms with Gasteiger partial charge in [0.1, 0.15) is 0 Å². The van der Waals surface area contributed by atoms with E-state index in [1.165, 1.54) is 0 Å². The van der Waals surface area contributed by atoms with Gasteiger partial charge in [-0.15, -0.1) is 5.10 Å². The Morgan fingerprint density at radius 2 is 2.08 bits per heavy atom. The number of aryl methyl sites for hydroxylation is 2. The van der Waals surface area contributed by atoms with Crippen LogP contribution in [0.5, 0.6) is 0 Å². The van der Waals surface area contributed by atoms with Gasteiger partial charge in [0, 0.05) is 12.7 Å². The summed E-state index contributed by atoms with van der Waals surface area (Å²) < 4.78 is 1.90. The summed E-state index contributed by atoms with van der Waals surface area (Å²) in [5.74, 6) is 0. The lowest BCUT2D eigenvalue weighted by Gasteiger charge is -2.17. The Balaban J connectivity index is 2.44. The van der Waals surface area contributed by atoms with Gasteiger partial charge >= 0.3 is 0 Å². The Kier molecular flexibility index (Phi) is 2.50. The lowest BCUT2D eigenvalue weighted by Crippen LogP contribution is -2.10. The van der Waals surface area contributed by atoms with Crippen LogP contribution < -0.4 is 0 Å². The Labute approximate surface area is 73.8 Å². The largest absolute Gasteiger partial charge is 0.252 e.